The van der Waals surface area contributed by atoms with Crippen LogP contribution in [0.25, 0.3) is 4.83 Å². The molecule has 3 aromatic heterocycles. The Morgan fingerprint density at radius 1 is 1.16 bits per heavy atom. The van der Waals surface area contributed by atoms with E-state index in [0.29, 0.717) is 6.42 Å². The smallest absolute Gasteiger partial charge is 0.222 e. The van der Waals surface area contributed by atoms with Crippen molar-refractivity contribution in [1.29, 1.82) is 0 Å². The van der Waals surface area contributed by atoms with Gasteiger partial charge in [-0.3, -0.25) is 14.2 Å². The number of para-hydroxylation sites is 1. The fourth-order valence-electron chi connectivity index (χ4n) is 4.40. The van der Waals surface area contributed by atoms with Gasteiger partial charge in [0, 0.05) is 54.6 Å². The maximum atomic E-state index is 12.9. The Bertz CT molecular complexity index is 1170. The monoisotopic (exact) mass is 445 g/mol. The van der Waals surface area contributed by atoms with Crippen molar-refractivity contribution < 1.29 is 4.79 Å². The highest BCUT2D eigenvalue weighted by Crippen LogP contribution is 2.34. The first-order valence-corrected chi connectivity index (χ1v) is 12.1. The number of fused-ring (bicyclic) bond motifs is 1. The molecule has 1 saturated heterocycles. The Morgan fingerprint density at radius 3 is 2.88 bits per heavy atom. The summed E-state index contributed by atoms with van der Waals surface area (Å²) in [6.45, 7) is 1.59. The van der Waals surface area contributed by atoms with Crippen molar-refractivity contribution in [2.75, 3.05) is 18.4 Å². The highest BCUT2D eigenvalue weighted by molar-refractivity contribution is 7.15. The number of aromatic nitrogens is 3. The number of likely N-dealkylation sites (tertiary alicyclic amines) is 1. The number of thiazole rings is 1. The summed E-state index contributed by atoms with van der Waals surface area (Å²) in [5, 5.41) is 5.54. The molecular formula is C25H27N5OS. The fraction of sp³-hybridized carbons (Fsp3) is 0.320. The van der Waals surface area contributed by atoms with E-state index in [-0.39, 0.29) is 11.8 Å². The van der Waals surface area contributed by atoms with Gasteiger partial charge in [0.2, 0.25) is 11.9 Å². The van der Waals surface area contributed by atoms with Crippen molar-refractivity contribution in [2.24, 2.45) is 0 Å². The molecule has 1 fully saturated rings. The minimum Gasteiger partial charge on any atom is -0.342 e. The van der Waals surface area contributed by atoms with Crippen LogP contribution in [0.3, 0.4) is 0 Å². The predicted octanol–water partition coefficient (Wildman–Crippen LogP) is 5.26. The highest BCUT2D eigenvalue weighted by atomic mass is 32.1. The molecule has 0 radical (unpaired) electrons. The van der Waals surface area contributed by atoms with Crippen LogP contribution in [0, 0.1) is 0 Å². The first kappa shape index (κ1) is 20.7. The summed E-state index contributed by atoms with van der Waals surface area (Å²) in [7, 11) is 0. The van der Waals surface area contributed by atoms with Gasteiger partial charge in [-0.1, -0.05) is 24.3 Å². The quantitative estimate of drug-likeness (QED) is 0.421. The van der Waals surface area contributed by atoms with Gasteiger partial charge in [0.15, 0.2) is 0 Å². The zero-order chi connectivity index (χ0) is 21.8. The topological polar surface area (TPSA) is 62.5 Å². The summed E-state index contributed by atoms with van der Waals surface area (Å²) in [6.07, 6.45) is 8.20. The van der Waals surface area contributed by atoms with Gasteiger partial charge in [0.1, 0.15) is 4.83 Å². The van der Waals surface area contributed by atoms with Gasteiger partial charge in [-0.2, -0.15) is 0 Å². The van der Waals surface area contributed by atoms with Crippen molar-refractivity contribution in [1.82, 2.24) is 19.3 Å². The molecule has 6 nitrogen and oxygen atoms in total. The second kappa shape index (κ2) is 9.53. The number of carbonyl (C=O) groups is 1. The zero-order valence-electron chi connectivity index (χ0n) is 18.0. The molecule has 1 atom stereocenters. The predicted molar refractivity (Wildman–Crippen MR) is 129 cm³/mol. The molecule has 7 heteroatoms. The van der Waals surface area contributed by atoms with E-state index in [0.717, 1.165) is 66.6 Å². The van der Waals surface area contributed by atoms with Gasteiger partial charge < -0.3 is 10.2 Å². The van der Waals surface area contributed by atoms with Crippen molar-refractivity contribution in [3.63, 3.8) is 0 Å². The lowest BCUT2D eigenvalue weighted by Crippen LogP contribution is -2.39. The summed E-state index contributed by atoms with van der Waals surface area (Å²) in [5.41, 5.74) is 3.17. The Hall–Kier alpha value is -3.19. The summed E-state index contributed by atoms with van der Waals surface area (Å²) in [6, 6.07) is 16.1. The number of hydrogen-bond acceptors (Lipinski definition) is 5. The largest absolute Gasteiger partial charge is 0.342 e. The molecule has 4 aromatic rings. The van der Waals surface area contributed by atoms with Crippen molar-refractivity contribution in [3.05, 3.63) is 77.7 Å². The van der Waals surface area contributed by atoms with Crippen LogP contribution >= 0.6 is 11.3 Å². The summed E-state index contributed by atoms with van der Waals surface area (Å²) >= 11 is 1.71. The van der Waals surface area contributed by atoms with Crippen LogP contribution in [0.15, 0.2) is 66.3 Å². The number of nitrogens with zero attached hydrogens (tertiary/aromatic N) is 4. The van der Waals surface area contributed by atoms with Crippen molar-refractivity contribution in [2.45, 2.75) is 38.0 Å². The molecule has 0 bridgehead atoms. The molecule has 1 aromatic carbocycles. The molecule has 164 valence electrons. The molecule has 1 aliphatic heterocycles. The van der Waals surface area contributed by atoms with E-state index in [1.54, 1.807) is 11.3 Å². The molecule has 4 heterocycles. The number of imidazole rings is 1. The average Bonchev–Trinajstić information content (AvgIpc) is 3.44. The second-order valence-corrected chi connectivity index (χ2v) is 9.14. The van der Waals surface area contributed by atoms with Gasteiger partial charge >= 0.3 is 0 Å². The molecule has 32 heavy (non-hydrogen) atoms. The van der Waals surface area contributed by atoms with Crippen LogP contribution in [-0.2, 0) is 11.2 Å². The molecule has 1 aliphatic rings. The van der Waals surface area contributed by atoms with E-state index in [4.69, 9.17) is 4.98 Å². The number of amides is 1. The number of rotatable bonds is 7. The zero-order valence-corrected chi connectivity index (χ0v) is 18.8. The molecule has 0 unspecified atom stereocenters. The van der Waals surface area contributed by atoms with Crippen LogP contribution in [0.5, 0.6) is 0 Å². The lowest BCUT2D eigenvalue weighted by Gasteiger charge is -2.32. The fourth-order valence-corrected chi connectivity index (χ4v) is 5.31. The second-order valence-electron chi connectivity index (χ2n) is 8.24. The Morgan fingerprint density at radius 2 is 2.03 bits per heavy atom. The minimum absolute atomic E-state index is 0.245. The normalized spacial score (nSPS) is 16.4. The third kappa shape index (κ3) is 4.53. The lowest BCUT2D eigenvalue weighted by atomic mass is 9.95. The van der Waals surface area contributed by atoms with Gasteiger partial charge in [-0.15, -0.1) is 11.3 Å². The Balaban J connectivity index is 1.26. The van der Waals surface area contributed by atoms with Crippen LogP contribution in [0.2, 0.25) is 0 Å². The molecule has 0 aliphatic carbocycles. The van der Waals surface area contributed by atoms with E-state index < -0.39 is 0 Å². The molecule has 1 N–H and O–H groups in total. The molecule has 0 saturated carbocycles. The number of hydrogen-bond donors (Lipinski definition) is 1. The van der Waals surface area contributed by atoms with E-state index in [9.17, 15) is 4.79 Å². The molecule has 0 spiro atoms. The standard InChI is InChI=1S/C25H27N5OS/c31-22(13-6-12-20-9-4-5-14-26-20)29-15-7-8-19(18-29)23-24-30(16-17-32-24)25(28-23)27-21-10-2-1-3-11-21/h1-5,9-11,14,16-17,19H,6-8,12-13,15,18H2,(H,27,28)/t19-/m0/s1. The minimum atomic E-state index is 0.245. The van der Waals surface area contributed by atoms with E-state index >= 15 is 0 Å². The van der Waals surface area contributed by atoms with Gasteiger partial charge in [0.25, 0.3) is 0 Å². The van der Waals surface area contributed by atoms with Crippen molar-refractivity contribution >= 4 is 33.7 Å². The number of nitrogens with one attached hydrogen (secondary N) is 1. The van der Waals surface area contributed by atoms with E-state index in [1.165, 1.54) is 0 Å². The van der Waals surface area contributed by atoms with Crippen LogP contribution in [0.4, 0.5) is 11.6 Å². The number of carbonyl (C=O) groups excluding carboxylic acids is 1. The Labute approximate surface area is 191 Å². The van der Waals surface area contributed by atoms with Gasteiger partial charge in [-0.25, -0.2) is 4.98 Å². The van der Waals surface area contributed by atoms with Crippen LogP contribution < -0.4 is 5.32 Å². The average molecular weight is 446 g/mol. The van der Waals surface area contributed by atoms with E-state index in [1.807, 2.05) is 59.6 Å². The summed E-state index contributed by atoms with van der Waals surface area (Å²) < 4.78 is 2.13. The molecular weight excluding hydrogens is 418 g/mol. The summed E-state index contributed by atoms with van der Waals surface area (Å²) in [4.78, 5) is 25.4. The summed E-state index contributed by atoms with van der Waals surface area (Å²) in [5.74, 6) is 1.35. The molecule has 1 amide bonds. The number of aryl methyl sites for hydroxylation is 1. The van der Waals surface area contributed by atoms with Gasteiger partial charge in [0.05, 0.1) is 5.69 Å². The van der Waals surface area contributed by atoms with E-state index in [2.05, 4.69) is 26.3 Å². The maximum Gasteiger partial charge on any atom is 0.222 e. The van der Waals surface area contributed by atoms with Crippen LogP contribution in [0.1, 0.15) is 43.0 Å². The third-order valence-electron chi connectivity index (χ3n) is 6.02. The maximum absolute atomic E-state index is 12.9. The SMILES string of the molecule is O=C(CCCc1ccccn1)N1CCC[C@H](c2nc(Nc3ccccc3)n3ccsc23)C1. The number of pyridine rings is 1. The first-order valence-electron chi connectivity index (χ1n) is 11.2. The number of benzene rings is 1. The van der Waals surface area contributed by atoms with Gasteiger partial charge in [-0.05, 0) is 49.9 Å². The first-order chi connectivity index (χ1) is 15.8. The lowest BCUT2D eigenvalue weighted by molar-refractivity contribution is -0.132. The number of piperidine rings is 1. The number of anilines is 2. The van der Waals surface area contributed by atoms with Crippen molar-refractivity contribution in [3.8, 4) is 0 Å². The molecule has 5 rings (SSSR count). The Kier molecular flexibility index (Phi) is 6.16. The third-order valence-corrected chi connectivity index (χ3v) is 6.91. The van der Waals surface area contributed by atoms with Crippen LogP contribution in [-0.4, -0.2) is 38.3 Å². The highest BCUT2D eigenvalue weighted by Gasteiger charge is 2.28.